The molecule has 9 heteroatoms. The zero-order valence-electron chi connectivity index (χ0n) is 14.8. The van der Waals surface area contributed by atoms with Gasteiger partial charge in [0, 0.05) is 0 Å². The summed E-state index contributed by atoms with van der Waals surface area (Å²) in [6.45, 7) is 0. The fourth-order valence-corrected chi connectivity index (χ4v) is 3.22. The molecule has 1 N–H and O–H groups in total. The molecule has 1 heterocycles. The average molecular weight is 408 g/mol. The fraction of sp³-hybridized carbons (Fsp3) is 0.158. The number of nitrogens with zero attached hydrogens (tertiary/aromatic N) is 1. The highest BCUT2D eigenvalue weighted by Gasteiger charge is 2.30. The van der Waals surface area contributed by atoms with E-state index in [1.165, 1.54) is 26.4 Å². The van der Waals surface area contributed by atoms with Gasteiger partial charge in [-0.2, -0.15) is 13.2 Å². The van der Waals surface area contributed by atoms with Gasteiger partial charge in [-0.05, 0) is 53.7 Å². The van der Waals surface area contributed by atoms with Crippen LogP contribution < -0.4 is 14.8 Å². The van der Waals surface area contributed by atoms with E-state index in [4.69, 9.17) is 9.47 Å². The number of amidine groups is 1. The van der Waals surface area contributed by atoms with Crippen LogP contribution in [-0.4, -0.2) is 25.3 Å². The van der Waals surface area contributed by atoms with Crippen LogP contribution in [0.25, 0.3) is 6.08 Å². The van der Waals surface area contributed by atoms with Crippen LogP contribution in [-0.2, 0) is 6.18 Å². The van der Waals surface area contributed by atoms with Crippen molar-refractivity contribution in [1.82, 2.24) is 5.32 Å². The van der Waals surface area contributed by atoms with Crippen LogP contribution in [0.2, 0.25) is 0 Å². The molecule has 0 aliphatic carbocycles. The van der Waals surface area contributed by atoms with Crippen molar-refractivity contribution in [2.24, 2.45) is 4.99 Å². The van der Waals surface area contributed by atoms with E-state index in [1.807, 2.05) is 0 Å². The summed E-state index contributed by atoms with van der Waals surface area (Å²) in [5.74, 6) is 1.25. The number of hydrogen-bond acceptors (Lipinski definition) is 5. The van der Waals surface area contributed by atoms with Gasteiger partial charge in [-0.15, -0.1) is 0 Å². The molecule has 0 bridgehead atoms. The molecule has 1 aliphatic rings. The fourth-order valence-electron chi connectivity index (χ4n) is 2.49. The van der Waals surface area contributed by atoms with Gasteiger partial charge in [0.2, 0.25) is 0 Å². The summed E-state index contributed by atoms with van der Waals surface area (Å²) in [7, 11) is 3.02. The Balaban J connectivity index is 1.97. The SMILES string of the molecule is COc1ccc(/C=C2\SC(=O)NC2=Nc2cccc(C(F)(F)F)c2)cc1OC. The number of aliphatic imine (C=N–C) groups is 1. The summed E-state index contributed by atoms with van der Waals surface area (Å²) in [6.07, 6.45) is -2.78. The average Bonchev–Trinajstić information content (AvgIpc) is 2.99. The van der Waals surface area contributed by atoms with Crippen LogP contribution in [0, 0.1) is 0 Å². The molecule has 1 saturated heterocycles. The van der Waals surface area contributed by atoms with Crippen LogP contribution in [0.1, 0.15) is 11.1 Å². The molecular weight excluding hydrogens is 393 g/mol. The Kier molecular flexibility index (Phi) is 5.64. The number of nitrogens with one attached hydrogen (secondary N) is 1. The predicted octanol–water partition coefficient (Wildman–Crippen LogP) is 5.25. The van der Waals surface area contributed by atoms with Crippen molar-refractivity contribution >= 4 is 34.6 Å². The van der Waals surface area contributed by atoms with Crippen molar-refractivity contribution < 1.29 is 27.4 Å². The molecule has 1 amide bonds. The molecule has 0 spiro atoms. The number of methoxy groups -OCH3 is 2. The molecule has 2 aromatic rings. The Morgan fingerprint density at radius 2 is 1.82 bits per heavy atom. The Labute approximate surface area is 163 Å². The van der Waals surface area contributed by atoms with Crippen LogP contribution in [0.15, 0.2) is 52.4 Å². The lowest BCUT2D eigenvalue weighted by Gasteiger charge is -2.08. The van der Waals surface area contributed by atoms with E-state index in [-0.39, 0.29) is 16.8 Å². The van der Waals surface area contributed by atoms with Crippen molar-refractivity contribution in [1.29, 1.82) is 0 Å². The van der Waals surface area contributed by atoms with Crippen LogP contribution in [0.4, 0.5) is 23.7 Å². The number of benzene rings is 2. The molecule has 28 heavy (non-hydrogen) atoms. The van der Waals surface area contributed by atoms with Crippen molar-refractivity contribution in [3.05, 3.63) is 58.5 Å². The smallest absolute Gasteiger partial charge is 0.416 e. The lowest BCUT2D eigenvalue weighted by Crippen LogP contribution is -2.18. The number of amides is 1. The maximum atomic E-state index is 12.9. The first-order chi connectivity index (χ1) is 13.3. The van der Waals surface area contributed by atoms with Crippen LogP contribution in [0.3, 0.4) is 0 Å². The number of thioether (sulfide) groups is 1. The van der Waals surface area contributed by atoms with Gasteiger partial charge in [0.05, 0.1) is 30.4 Å². The molecule has 0 aromatic heterocycles. The van der Waals surface area contributed by atoms with Gasteiger partial charge >= 0.3 is 6.18 Å². The second kappa shape index (κ2) is 7.97. The number of ether oxygens (including phenoxy) is 2. The Bertz CT molecular complexity index is 971. The Morgan fingerprint density at radius 3 is 2.50 bits per heavy atom. The first kappa shape index (κ1) is 19.8. The third kappa shape index (κ3) is 4.48. The second-order valence-electron chi connectivity index (χ2n) is 5.65. The number of carbonyl (C=O) groups excluding carboxylic acids is 1. The van der Waals surface area contributed by atoms with E-state index in [0.29, 0.717) is 22.0 Å². The van der Waals surface area contributed by atoms with Crippen molar-refractivity contribution in [2.45, 2.75) is 6.18 Å². The van der Waals surface area contributed by atoms with E-state index in [0.717, 1.165) is 23.9 Å². The van der Waals surface area contributed by atoms with Crippen LogP contribution >= 0.6 is 11.8 Å². The summed E-state index contributed by atoms with van der Waals surface area (Å²) in [5, 5.41) is 2.19. The summed E-state index contributed by atoms with van der Waals surface area (Å²) < 4.78 is 49.1. The first-order valence-corrected chi connectivity index (χ1v) is 8.80. The van der Waals surface area contributed by atoms with E-state index in [9.17, 15) is 18.0 Å². The minimum atomic E-state index is -4.47. The van der Waals surface area contributed by atoms with E-state index >= 15 is 0 Å². The van der Waals surface area contributed by atoms with Gasteiger partial charge < -0.3 is 14.8 Å². The normalized spacial score (nSPS) is 17.1. The summed E-state index contributed by atoms with van der Waals surface area (Å²) in [4.78, 5) is 16.5. The topological polar surface area (TPSA) is 59.9 Å². The molecule has 0 saturated carbocycles. The van der Waals surface area contributed by atoms with E-state index in [1.54, 1.807) is 24.3 Å². The minimum Gasteiger partial charge on any atom is -0.493 e. The lowest BCUT2D eigenvalue weighted by molar-refractivity contribution is -0.137. The molecule has 2 aromatic carbocycles. The van der Waals surface area contributed by atoms with Gasteiger partial charge in [-0.1, -0.05) is 12.1 Å². The largest absolute Gasteiger partial charge is 0.493 e. The molecule has 5 nitrogen and oxygen atoms in total. The maximum absolute atomic E-state index is 12.9. The van der Waals surface area contributed by atoms with Gasteiger partial charge in [-0.3, -0.25) is 4.79 Å². The number of halogens is 3. The molecule has 146 valence electrons. The van der Waals surface area contributed by atoms with E-state index in [2.05, 4.69) is 10.3 Å². The number of rotatable bonds is 4. The lowest BCUT2D eigenvalue weighted by atomic mass is 10.1. The summed E-state index contributed by atoms with van der Waals surface area (Å²) in [6, 6.07) is 9.79. The van der Waals surface area contributed by atoms with Gasteiger partial charge in [0.25, 0.3) is 5.24 Å². The monoisotopic (exact) mass is 408 g/mol. The zero-order chi connectivity index (χ0) is 20.3. The number of hydrogen-bond donors (Lipinski definition) is 1. The Hall–Kier alpha value is -2.94. The maximum Gasteiger partial charge on any atom is 0.416 e. The van der Waals surface area contributed by atoms with Gasteiger partial charge in [0.1, 0.15) is 5.84 Å². The predicted molar refractivity (Wildman–Crippen MR) is 102 cm³/mol. The molecule has 3 rings (SSSR count). The molecule has 1 fully saturated rings. The van der Waals surface area contributed by atoms with Crippen LogP contribution in [0.5, 0.6) is 11.5 Å². The van der Waals surface area contributed by atoms with Crippen molar-refractivity contribution in [3.8, 4) is 11.5 Å². The third-order valence-corrected chi connectivity index (χ3v) is 4.59. The van der Waals surface area contributed by atoms with Crippen molar-refractivity contribution in [3.63, 3.8) is 0 Å². The molecule has 0 unspecified atom stereocenters. The summed E-state index contributed by atoms with van der Waals surface area (Å²) >= 11 is 0.907. The standard InChI is InChI=1S/C19H15F3N2O3S/c1-26-14-7-6-11(8-15(14)27-2)9-16-17(24-18(25)28-16)23-13-5-3-4-12(10-13)19(20,21)22/h3-10H,1-2H3,(H,23,24,25)/b16-9-. The molecular formula is C19H15F3N2O3S. The molecule has 1 aliphatic heterocycles. The summed E-state index contributed by atoms with van der Waals surface area (Å²) in [5.41, 5.74) is -0.00373. The quantitative estimate of drug-likeness (QED) is 0.751. The minimum absolute atomic E-state index is 0.0887. The number of carbonyl (C=O) groups is 1. The third-order valence-electron chi connectivity index (χ3n) is 3.78. The highest BCUT2D eigenvalue weighted by atomic mass is 32.2. The van der Waals surface area contributed by atoms with E-state index < -0.39 is 11.7 Å². The first-order valence-electron chi connectivity index (χ1n) is 7.99. The molecule has 0 atom stereocenters. The van der Waals surface area contributed by atoms with Crippen molar-refractivity contribution in [2.75, 3.05) is 14.2 Å². The molecule has 0 radical (unpaired) electrons. The highest BCUT2D eigenvalue weighted by Crippen LogP contribution is 2.34. The number of alkyl halides is 3. The zero-order valence-corrected chi connectivity index (χ0v) is 15.6. The highest BCUT2D eigenvalue weighted by molar-refractivity contribution is 8.18. The van der Waals surface area contributed by atoms with Gasteiger partial charge in [0.15, 0.2) is 11.5 Å². The van der Waals surface area contributed by atoms with Gasteiger partial charge in [-0.25, -0.2) is 4.99 Å². The second-order valence-corrected chi connectivity index (χ2v) is 6.66. The Morgan fingerprint density at radius 1 is 1.07 bits per heavy atom.